The van der Waals surface area contributed by atoms with Gasteiger partial charge in [0.1, 0.15) is 0 Å². The summed E-state index contributed by atoms with van der Waals surface area (Å²) in [5.41, 5.74) is 14.5. The Morgan fingerprint density at radius 1 is 0.602 bits per heavy atom. The lowest BCUT2D eigenvalue weighted by molar-refractivity contribution is 0.272. The number of aromatic nitrogens is 4. The van der Waals surface area contributed by atoms with Gasteiger partial charge in [-0.25, -0.2) is 4.98 Å². The number of rotatable bonds is 9. The Labute approximate surface area is 493 Å². The summed E-state index contributed by atoms with van der Waals surface area (Å²) in [6.07, 6.45) is 37.0. The molecule has 9 aromatic rings. The van der Waals surface area contributed by atoms with Crippen LogP contribution in [0.4, 0.5) is 0 Å². The molecule has 83 heavy (non-hydrogen) atoms. The normalized spacial score (nSPS) is 17.7. The zero-order valence-electron chi connectivity index (χ0n) is 49.6. The molecule has 0 N–H and O–H groups in total. The SMILES string of the molecule is C/C=C\C=C/C(C)C.C=C/C=C\C.C=CC=C.CC12CC=C(c3cccc4c5cc6ccccc6cc5n(-c5nc(C6=CCC7CCCC=CC7=C6)nc(-c6ccc(-c7ccccc7)cc6)n5)c34)C=C1c1c(ccc3ccccc13)C2(C)C. The minimum Gasteiger partial charge on any atom is -0.277 e. The van der Waals surface area contributed by atoms with Crippen LogP contribution in [0.2, 0.25) is 0 Å². The molecular weight excluding hydrogens is 1000 g/mol. The average Bonchev–Trinajstić information content (AvgIpc) is 1.94. The van der Waals surface area contributed by atoms with Gasteiger partial charge in [0.25, 0.3) is 0 Å². The van der Waals surface area contributed by atoms with Crippen molar-refractivity contribution in [2.75, 3.05) is 0 Å². The zero-order valence-corrected chi connectivity index (χ0v) is 49.6. The molecule has 0 saturated heterocycles. The Balaban J connectivity index is 0.000000399. The molecule has 0 saturated carbocycles. The van der Waals surface area contributed by atoms with E-state index in [0.29, 0.717) is 29.4 Å². The van der Waals surface area contributed by atoms with Gasteiger partial charge in [-0.3, -0.25) is 4.57 Å². The molecule has 2 heterocycles. The van der Waals surface area contributed by atoms with E-state index in [9.17, 15) is 0 Å². The summed E-state index contributed by atoms with van der Waals surface area (Å²) < 4.78 is 2.35. The summed E-state index contributed by atoms with van der Waals surface area (Å²) in [5.74, 6) is 3.18. The third-order valence-electron chi connectivity index (χ3n) is 17.1. The van der Waals surface area contributed by atoms with Gasteiger partial charge in [-0.2, -0.15) is 9.97 Å². The van der Waals surface area contributed by atoms with Crippen LogP contribution in [0.15, 0.2) is 262 Å². The molecule has 7 aromatic carbocycles. The van der Waals surface area contributed by atoms with Crippen LogP contribution < -0.4 is 0 Å². The van der Waals surface area contributed by atoms with E-state index in [1.54, 1.807) is 18.2 Å². The number of hydrogen-bond acceptors (Lipinski definition) is 3. The monoisotopic (exact) mass is 1080 g/mol. The fraction of sp³-hybridized carbons (Fsp3) is 0.203. The number of hydrogen-bond donors (Lipinski definition) is 0. The van der Waals surface area contributed by atoms with Crippen molar-refractivity contribution in [3.05, 3.63) is 285 Å². The number of nitrogens with zero attached hydrogens (tertiary/aromatic N) is 4. The maximum atomic E-state index is 5.53. The van der Waals surface area contributed by atoms with E-state index in [2.05, 4.69) is 253 Å². The molecule has 0 fully saturated rings. The molecule has 0 bridgehead atoms. The van der Waals surface area contributed by atoms with Gasteiger partial charge >= 0.3 is 0 Å². The van der Waals surface area contributed by atoms with Crippen molar-refractivity contribution in [3.8, 4) is 28.5 Å². The van der Waals surface area contributed by atoms with E-state index in [4.69, 9.17) is 15.0 Å². The van der Waals surface area contributed by atoms with E-state index in [1.165, 1.54) is 84.1 Å². The Morgan fingerprint density at radius 2 is 1.28 bits per heavy atom. The van der Waals surface area contributed by atoms with Crippen LogP contribution >= 0.6 is 0 Å². The fourth-order valence-corrected chi connectivity index (χ4v) is 12.3. The summed E-state index contributed by atoms with van der Waals surface area (Å²) >= 11 is 0. The second-order valence-corrected chi connectivity index (χ2v) is 23.0. The van der Waals surface area contributed by atoms with Gasteiger partial charge in [-0.15, -0.1) is 0 Å². The lowest BCUT2D eigenvalue weighted by Gasteiger charge is -2.41. The van der Waals surface area contributed by atoms with Crippen LogP contribution in [0.25, 0.3) is 88.5 Å². The first-order valence-electron chi connectivity index (χ1n) is 29.6. The lowest BCUT2D eigenvalue weighted by Crippen LogP contribution is -2.35. The summed E-state index contributed by atoms with van der Waals surface area (Å²) in [7, 11) is 0. The summed E-state index contributed by atoms with van der Waals surface area (Å²) in [6.45, 7) is 25.9. The van der Waals surface area contributed by atoms with Gasteiger partial charge in [0, 0.05) is 38.3 Å². The highest BCUT2D eigenvalue weighted by Crippen LogP contribution is 2.63. The molecular formula is C79H78N4. The smallest absolute Gasteiger partial charge is 0.238 e. The molecule has 2 unspecified atom stereocenters. The largest absolute Gasteiger partial charge is 0.277 e. The van der Waals surface area contributed by atoms with Gasteiger partial charge < -0.3 is 0 Å². The van der Waals surface area contributed by atoms with Crippen molar-refractivity contribution in [2.24, 2.45) is 17.3 Å². The van der Waals surface area contributed by atoms with Crippen LogP contribution in [-0.4, -0.2) is 19.5 Å². The molecule has 414 valence electrons. The van der Waals surface area contributed by atoms with Crippen LogP contribution in [0.1, 0.15) is 103 Å². The van der Waals surface area contributed by atoms with Crippen LogP contribution in [-0.2, 0) is 5.41 Å². The van der Waals surface area contributed by atoms with Crippen molar-refractivity contribution in [1.82, 2.24) is 19.5 Å². The molecule has 2 aromatic heterocycles. The standard InChI is InChI=1S/C62H50N4.C8H14.C5H8.C4H6/c1-61(2)53-32-31-42-18-12-13-22-49(42)56(53)54-37-47(33-34-62(54,61)3)50-23-14-24-51-52-36-45-20-10-11-21-46(45)38-55(52)66(57(50)51)60-64-58(43-28-25-41(26-29-43)39-15-6-4-7-16-39)63-59(65-60)48-30-27-40-17-8-5-9-19-44(40)35-48;1-4-5-6-7-8(2)3;1-3-5-4-2;1-3-4-2/h4,6-7,9-16,18-26,28-33,35-38,40H,5,8,17,27,34H2,1-3H3;4-8H,1-3H3;3-5H,1H2,2H3;3-4H,1-2H2/b;5-4-,7-6-;5-4-;. The highest BCUT2D eigenvalue weighted by molar-refractivity contribution is 6.17. The third kappa shape index (κ3) is 11.6. The summed E-state index contributed by atoms with van der Waals surface area (Å²) in [5, 5.41) is 7.37. The highest BCUT2D eigenvalue weighted by atomic mass is 15.2. The second kappa shape index (κ2) is 25.4. The van der Waals surface area contributed by atoms with Gasteiger partial charge in [-0.1, -0.05) is 273 Å². The third-order valence-corrected chi connectivity index (χ3v) is 17.1. The first-order valence-corrected chi connectivity index (χ1v) is 29.6. The van der Waals surface area contributed by atoms with E-state index in [-0.39, 0.29) is 10.8 Å². The molecule has 4 aliphatic rings. The molecule has 13 rings (SSSR count). The molecule has 0 radical (unpaired) electrons. The van der Waals surface area contributed by atoms with Crippen molar-refractivity contribution in [1.29, 1.82) is 0 Å². The van der Waals surface area contributed by atoms with Crippen molar-refractivity contribution in [2.45, 2.75) is 86.0 Å². The first-order chi connectivity index (χ1) is 40.4. The van der Waals surface area contributed by atoms with Gasteiger partial charge in [0.05, 0.1) is 11.0 Å². The van der Waals surface area contributed by atoms with Crippen LogP contribution in [0, 0.1) is 17.3 Å². The molecule has 2 atom stereocenters. The highest BCUT2D eigenvalue weighted by Gasteiger charge is 2.53. The van der Waals surface area contributed by atoms with E-state index in [1.807, 2.05) is 38.2 Å². The Morgan fingerprint density at radius 3 is 1.99 bits per heavy atom. The molecule has 4 nitrogen and oxygen atoms in total. The van der Waals surface area contributed by atoms with Gasteiger partial charge in [0.15, 0.2) is 11.6 Å². The van der Waals surface area contributed by atoms with Crippen molar-refractivity contribution in [3.63, 3.8) is 0 Å². The predicted octanol–water partition coefficient (Wildman–Crippen LogP) is 21.7. The molecule has 0 spiro atoms. The number of para-hydroxylation sites is 1. The van der Waals surface area contributed by atoms with Crippen LogP contribution in [0.5, 0.6) is 0 Å². The summed E-state index contributed by atoms with van der Waals surface area (Å²) in [6, 6.07) is 53.1. The number of benzene rings is 7. The summed E-state index contributed by atoms with van der Waals surface area (Å²) in [4.78, 5) is 16.4. The molecule has 4 aliphatic carbocycles. The average molecular weight is 1080 g/mol. The Kier molecular flexibility index (Phi) is 17.5. The molecule has 4 heteroatoms. The van der Waals surface area contributed by atoms with E-state index < -0.39 is 0 Å². The van der Waals surface area contributed by atoms with E-state index >= 15 is 0 Å². The van der Waals surface area contributed by atoms with Crippen molar-refractivity contribution < 1.29 is 0 Å². The first kappa shape index (κ1) is 57.3. The minimum absolute atomic E-state index is 0.0477. The van der Waals surface area contributed by atoms with Crippen LogP contribution in [0.3, 0.4) is 0 Å². The Hall–Kier alpha value is -8.99. The number of allylic oxidation sites excluding steroid dienone is 19. The van der Waals surface area contributed by atoms with Gasteiger partial charge in [-0.05, 0) is 137 Å². The minimum atomic E-state index is -0.0663. The lowest BCUT2D eigenvalue weighted by atomic mass is 9.62. The second-order valence-electron chi connectivity index (χ2n) is 23.0. The molecule has 0 amide bonds. The maximum absolute atomic E-state index is 5.53. The van der Waals surface area contributed by atoms with E-state index in [0.717, 1.165) is 47.0 Å². The van der Waals surface area contributed by atoms with Gasteiger partial charge in [0.2, 0.25) is 5.95 Å². The number of fused-ring (bicyclic) bond motifs is 10. The van der Waals surface area contributed by atoms with Crippen molar-refractivity contribution >= 4 is 60.1 Å². The Bertz CT molecular complexity index is 4140. The maximum Gasteiger partial charge on any atom is 0.238 e. The predicted molar refractivity (Wildman–Crippen MR) is 360 cm³/mol. The zero-order chi connectivity index (χ0) is 58.1. The quantitative estimate of drug-likeness (QED) is 0.135. The molecule has 0 aliphatic heterocycles. The topological polar surface area (TPSA) is 43.6 Å². The fourth-order valence-electron chi connectivity index (χ4n) is 12.3.